The van der Waals surface area contributed by atoms with Crippen molar-refractivity contribution >= 4 is 5.91 Å². The minimum Gasteiger partial charge on any atom is -0.396 e. The van der Waals surface area contributed by atoms with Crippen LogP contribution in [-0.4, -0.2) is 30.2 Å². The fourth-order valence-corrected chi connectivity index (χ4v) is 2.47. The SMILES string of the molecule is CC(N)CCCC(=O)NCC1(CO)CCCC1. The van der Waals surface area contributed by atoms with E-state index in [0.29, 0.717) is 13.0 Å². The molecule has 0 heterocycles. The van der Waals surface area contributed by atoms with Crippen molar-refractivity contribution < 1.29 is 9.90 Å². The van der Waals surface area contributed by atoms with Crippen LogP contribution >= 0.6 is 0 Å². The molecule has 0 aromatic heterocycles. The zero-order chi connectivity index (χ0) is 12.7. The van der Waals surface area contributed by atoms with Gasteiger partial charge in [-0.2, -0.15) is 0 Å². The molecular formula is C13H26N2O2. The second kappa shape index (κ2) is 6.97. The van der Waals surface area contributed by atoms with E-state index in [2.05, 4.69) is 5.32 Å². The van der Waals surface area contributed by atoms with Gasteiger partial charge in [0.2, 0.25) is 5.91 Å². The number of carbonyl (C=O) groups is 1. The van der Waals surface area contributed by atoms with E-state index in [1.165, 1.54) is 12.8 Å². The van der Waals surface area contributed by atoms with Gasteiger partial charge in [0.15, 0.2) is 0 Å². The third-order valence-corrected chi connectivity index (χ3v) is 3.72. The van der Waals surface area contributed by atoms with Gasteiger partial charge in [0, 0.05) is 24.4 Å². The molecule has 1 amide bonds. The molecule has 0 aromatic carbocycles. The Kier molecular flexibility index (Phi) is 5.92. The van der Waals surface area contributed by atoms with E-state index in [1.54, 1.807) is 0 Å². The maximum atomic E-state index is 11.6. The average Bonchev–Trinajstić information content (AvgIpc) is 2.75. The summed E-state index contributed by atoms with van der Waals surface area (Å²) in [5, 5.41) is 12.4. The van der Waals surface area contributed by atoms with Crippen molar-refractivity contribution in [2.45, 2.75) is 57.9 Å². The molecule has 1 rings (SSSR count). The first-order chi connectivity index (χ1) is 8.08. The zero-order valence-electron chi connectivity index (χ0n) is 10.9. The number of hydrogen-bond donors (Lipinski definition) is 3. The van der Waals surface area contributed by atoms with E-state index in [4.69, 9.17) is 5.73 Å². The molecule has 0 aromatic rings. The predicted octanol–water partition coefficient (Wildman–Crippen LogP) is 1.17. The van der Waals surface area contributed by atoms with E-state index in [0.717, 1.165) is 25.7 Å². The largest absolute Gasteiger partial charge is 0.396 e. The molecule has 0 spiro atoms. The lowest BCUT2D eigenvalue weighted by Gasteiger charge is -2.26. The van der Waals surface area contributed by atoms with E-state index >= 15 is 0 Å². The number of nitrogens with two attached hydrogens (primary N) is 1. The fourth-order valence-electron chi connectivity index (χ4n) is 2.47. The van der Waals surface area contributed by atoms with Crippen molar-refractivity contribution in [1.29, 1.82) is 0 Å². The first-order valence-corrected chi connectivity index (χ1v) is 6.71. The van der Waals surface area contributed by atoms with Crippen LogP contribution in [0.25, 0.3) is 0 Å². The normalized spacial score (nSPS) is 20.2. The lowest BCUT2D eigenvalue weighted by Crippen LogP contribution is -2.38. The van der Waals surface area contributed by atoms with Gasteiger partial charge in [-0.05, 0) is 32.6 Å². The maximum Gasteiger partial charge on any atom is 0.220 e. The standard InChI is InChI=1S/C13H26N2O2/c1-11(14)5-4-6-12(17)15-9-13(10-16)7-2-3-8-13/h11,16H,2-10,14H2,1H3,(H,15,17). The number of nitrogens with one attached hydrogen (secondary N) is 1. The first kappa shape index (κ1) is 14.5. The molecule has 1 unspecified atom stereocenters. The maximum absolute atomic E-state index is 11.6. The van der Waals surface area contributed by atoms with Crippen LogP contribution in [0.1, 0.15) is 51.9 Å². The molecule has 0 saturated heterocycles. The molecule has 1 fully saturated rings. The van der Waals surface area contributed by atoms with Crippen molar-refractivity contribution in [1.82, 2.24) is 5.32 Å². The van der Waals surface area contributed by atoms with Crippen LogP contribution in [0.2, 0.25) is 0 Å². The van der Waals surface area contributed by atoms with Crippen molar-refractivity contribution in [3.8, 4) is 0 Å². The summed E-state index contributed by atoms with van der Waals surface area (Å²) in [6.45, 7) is 2.77. The molecule has 1 aliphatic rings. The number of hydrogen-bond acceptors (Lipinski definition) is 3. The predicted molar refractivity (Wildman–Crippen MR) is 68.5 cm³/mol. The van der Waals surface area contributed by atoms with Crippen LogP contribution in [0.15, 0.2) is 0 Å². The summed E-state index contributed by atoms with van der Waals surface area (Å²) >= 11 is 0. The van der Waals surface area contributed by atoms with Crippen LogP contribution in [0, 0.1) is 5.41 Å². The highest BCUT2D eigenvalue weighted by atomic mass is 16.3. The van der Waals surface area contributed by atoms with Crippen LogP contribution in [0.4, 0.5) is 0 Å². The second-order valence-electron chi connectivity index (χ2n) is 5.51. The van der Waals surface area contributed by atoms with Crippen molar-refractivity contribution in [2.75, 3.05) is 13.2 Å². The van der Waals surface area contributed by atoms with Gasteiger partial charge in [0.1, 0.15) is 0 Å². The molecule has 17 heavy (non-hydrogen) atoms. The molecule has 4 N–H and O–H groups in total. The average molecular weight is 242 g/mol. The number of aliphatic hydroxyl groups excluding tert-OH is 1. The third-order valence-electron chi connectivity index (χ3n) is 3.72. The topological polar surface area (TPSA) is 75.4 Å². The molecule has 4 nitrogen and oxygen atoms in total. The van der Waals surface area contributed by atoms with Gasteiger partial charge in [-0.15, -0.1) is 0 Å². The van der Waals surface area contributed by atoms with Crippen LogP contribution in [-0.2, 0) is 4.79 Å². The van der Waals surface area contributed by atoms with Gasteiger partial charge < -0.3 is 16.2 Å². The summed E-state index contributed by atoms with van der Waals surface area (Å²) < 4.78 is 0. The summed E-state index contributed by atoms with van der Waals surface area (Å²) in [6.07, 6.45) is 6.67. The summed E-state index contributed by atoms with van der Waals surface area (Å²) in [4.78, 5) is 11.6. The fraction of sp³-hybridized carbons (Fsp3) is 0.923. The minimum atomic E-state index is -0.0448. The van der Waals surface area contributed by atoms with Gasteiger partial charge in [-0.1, -0.05) is 12.8 Å². The molecule has 100 valence electrons. The van der Waals surface area contributed by atoms with Gasteiger partial charge in [-0.25, -0.2) is 0 Å². The number of amides is 1. The lowest BCUT2D eigenvalue weighted by atomic mass is 9.87. The molecule has 0 bridgehead atoms. The highest BCUT2D eigenvalue weighted by Gasteiger charge is 2.33. The van der Waals surface area contributed by atoms with Crippen LogP contribution in [0.3, 0.4) is 0 Å². The van der Waals surface area contributed by atoms with E-state index in [1.807, 2.05) is 6.92 Å². The molecule has 1 saturated carbocycles. The van der Waals surface area contributed by atoms with E-state index < -0.39 is 0 Å². The van der Waals surface area contributed by atoms with Crippen molar-refractivity contribution in [2.24, 2.45) is 11.1 Å². The van der Waals surface area contributed by atoms with Gasteiger partial charge in [0.25, 0.3) is 0 Å². The Morgan fingerprint density at radius 2 is 2.12 bits per heavy atom. The van der Waals surface area contributed by atoms with Gasteiger partial charge in [-0.3, -0.25) is 4.79 Å². The third kappa shape index (κ3) is 5.04. The van der Waals surface area contributed by atoms with Crippen LogP contribution < -0.4 is 11.1 Å². The second-order valence-corrected chi connectivity index (χ2v) is 5.51. The smallest absolute Gasteiger partial charge is 0.220 e. The Balaban J connectivity index is 2.18. The Hall–Kier alpha value is -0.610. The Morgan fingerprint density at radius 3 is 2.65 bits per heavy atom. The quantitative estimate of drug-likeness (QED) is 0.627. The van der Waals surface area contributed by atoms with Crippen molar-refractivity contribution in [3.63, 3.8) is 0 Å². The molecule has 1 atom stereocenters. The molecule has 4 heteroatoms. The molecular weight excluding hydrogens is 216 g/mol. The van der Waals surface area contributed by atoms with E-state index in [9.17, 15) is 9.90 Å². The highest BCUT2D eigenvalue weighted by molar-refractivity contribution is 5.75. The Bertz CT molecular complexity index is 236. The molecule has 0 radical (unpaired) electrons. The van der Waals surface area contributed by atoms with Gasteiger partial charge >= 0.3 is 0 Å². The Morgan fingerprint density at radius 1 is 1.47 bits per heavy atom. The summed E-state index contributed by atoms with van der Waals surface area (Å²) in [5.41, 5.74) is 5.59. The first-order valence-electron chi connectivity index (χ1n) is 6.71. The summed E-state index contributed by atoms with van der Waals surface area (Å²) in [6, 6.07) is 0.168. The molecule has 0 aliphatic heterocycles. The number of carbonyl (C=O) groups excluding carboxylic acids is 1. The zero-order valence-corrected chi connectivity index (χ0v) is 10.9. The Labute approximate surface area is 104 Å². The van der Waals surface area contributed by atoms with Crippen LogP contribution in [0.5, 0.6) is 0 Å². The number of aliphatic hydroxyl groups is 1. The van der Waals surface area contributed by atoms with Crippen molar-refractivity contribution in [3.05, 3.63) is 0 Å². The van der Waals surface area contributed by atoms with Gasteiger partial charge in [0.05, 0.1) is 6.61 Å². The summed E-state index contributed by atoms with van der Waals surface area (Å²) in [5.74, 6) is 0.0883. The minimum absolute atomic E-state index is 0.0448. The lowest BCUT2D eigenvalue weighted by molar-refractivity contribution is -0.121. The molecule has 1 aliphatic carbocycles. The highest BCUT2D eigenvalue weighted by Crippen LogP contribution is 2.36. The monoisotopic (exact) mass is 242 g/mol. The van der Waals surface area contributed by atoms with E-state index in [-0.39, 0.29) is 24.0 Å². The summed E-state index contributed by atoms with van der Waals surface area (Å²) in [7, 11) is 0. The number of rotatable bonds is 7.